The van der Waals surface area contributed by atoms with Crippen LogP contribution in [0.3, 0.4) is 0 Å². The lowest BCUT2D eigenvalue weighted by Crippen LogP contribution is -2.51. The molecular weight excluding hydrogens is 537 g/mol. The molecule has 1 aromatic heterocycles. The van der Waals surface area contributed by atoms with Crippen molar-refractivity contribution in [3.05, 3.63) is 62.9 Å². The van der Waals surface area contributed by atoms with E-state index in [1.54, 1.807) is 11.1 Å². The minimum atomic E-state index is -0.506. The van der Waals surface area contributed by atoms with Crippen molar-refractivity contribution in [2.24, 2.45) is 0 Å². The smallest absolute Gasteiger partial charge is 0.410 e. The molecule has 1 aliphatic heterocycles. The van der Waals surface area contributed by atoms with Gasteiger partial charge in [0.25, 0.3) is 0 Å². The van der Waals surface area contributed by atoms with Crippen LogP contribution in [0.25, 0.3) is 10.6 Å². The second-order valence-electron chi connectivity index (χ2n) is 9.46. The van der Waals surface area contributed by atoms with Gasteiger partial charge in [0, 0.05) is 47.4 Å². The van der Waals surface area contributed by atoms with Crippen molar-refractivity contribution in [1.82, 2.24) is 14.8 Å². The summed E-state index contributed by atoms with van der Waals surface area (Å²) >= 11 is 16.3. The second kappa shape index (κ2) is 11.4. The predicted molar refractivity (Wildman–Crippen MR) is 145 cm³/mol. The number of carbonyl (C=O) groups is 1. The van der Waals surface area contributed by atoms with Gasteiger partial charge in [-0.1, -0.05) is 65.5 Å². The largest absolute Gasteiger partial charge is 0.444 e. The van der Waals surface area contributed by atoms with E-state index in [1.807, 2.05) is 45.0 Å². The molecule has 5 nitrogen and oxygen atoms in total. The summed E-state index contributed by atoms with van der Waals surface area (Å²) in [7, 11) is 0. The Morgan fingerprint density at radius 3 is 2.38 bits per heavy atom. The number of amides is 1. The lowest BCUT2D eigenvalue weighted by atomic mass is 9.96. The molecular formula is C26H32BrCl2N3O2. The van der Waals surface area contributed by atoms with E-state index in [0.29, 0.717) is 36.2 Å². The first-order valence-corrected chi connectivity index (χ1v) is 13.1. The van der Waals surface area contributed by atoms with Gasteiger partial charge in [0.05, 0.1) is 16.8 Å². The lowest BCUT2D eigenvalue weighted by Gasteiger charge is -2.40. The zero-order valence-electron chi connectivity index (χ0n) is 20.4. The van der Waals surface area contributed by atoms with Gasteiger partial charge in [-0.05, 0) is 56.2 Å². The standard InChI is InChI=1S/C23H24BrCl2N3O2.C3H8/c1-23(2,3)31-22(30)29-8-6-28(7-9-29)21-17-5-4-15(25)12-18(17)19(24)11-14-10-16(26)13-27-20(14)21;1-3-2/h4-5,10-13,21H,6-9H2,1-3H3;3H2,1-2H3/t21-;/m0./s1. The monoisotopic (exact) mass is 567 g/mol. The van der Waals surface area contributed by atoms with Crippen LogP contribution in [-0.4, -0.2) is 52.7 Å². The Labute approximate surface area is 221 Å². The Kier molecular flexibility index (Phi) is 9.07. The maximum Gasteiger partial charge on any atom is 0.410 e. The zero-order valence-corrected chi connectivity index (χ0v) is 23.5. The summed E-state index contributed by atoms with van der Waals surface area (Å²) in [5.41, 5.74) is 3.54. The third-order valence-corrected chi connectivity index (χ3v) is 6.45. The van der Waals surface area contributed by atoms with Gasteiger partial charge in [-0.3, -0.25) is 9.88 Å². The second-order valence-corrected chi connectivity index (χ2v) is 11.2. The van der Waals surface area contributed by atoms with Crippen LogP contribution in [0.2, 0.25) is 10.0 Å². The number of rotatable bonds is 1. The van der Waals surface area contributed by atoms with E-state index in [2.05, 4.69) is 40.7 Å². The molecule has 0 spiro atoms. The van der Waals surface area contributed by atoms with Gasteiger partial charge in [0.2, 0.25) is 0 Å². The molecule has 0 bridgehead atoms. The van der Waals surface area contributed by atoms with Crippen LogP contribution in [0, 0.1) is 0 Å². The fraction of sp³-hybridized carbons (Fsp3) is 0.462. The molecule has 0 unspecified atom stereocenters. The van der Waals surface area contributed by atoms with Gasteiger partial charge >= 0.3 is 6.09 Å². The molecule has 1 atom stereocenters. The number of aromatic nitrogens is 1. The van der Waals surface area contributed by atoms with E-state index < -0.39 is 5.60 Å². The molecule has 0 N–H and O–H groups in total. The van der Waals surface area contributed by atoms with Gasteiger partial charge in [0.15, 0.2) is 0 Å². The van der Waals surface area contributed by atoms with Gasteiger partial charge < -0.3 is 9.64 Å². The van der Waals surface area contributed by atoms with Crippen molar-refractivity contribution in [1.29, 1.82) is 0 Å². The number of hydrogen-bond acceptors (Lipinski definition) is 4. The number of fused-ring (bicyclic) bond motifs is 2. The summed E-state index contributed by atoms with van der Waals surface area (Å²) in [6.45, 7) is 12.5. The number of hydrogen-bond donors (Lipinski definition) is 0. The molecule has 1 aromatic carbocycles. The lowest BCUT2D eigenvalue weighted by molar-refractivity contribution is 0.0118. The Morgan fingerprint density at radius 2 is 1.76 bits per heavy atom. The molecule has 8 heteroatoms. The number of halogens is 3. The maximum absolute atomic E-state index is 12.5. The number of pyridine rings is 1. The van der Waals surface area contributed by atoms with E-state index in [4.69, 9.17) is 32.9 Å². The Hall–Kier alpha value is -1.60. The van der Waals surface area contributed by atoms with Crippen LogP contribution in [0.4, 0.5) is 4.79 Å². The normalized spacial score (nSPS) is 18.1. The molecule has 1 fully saturated rings. The van der Waals surface area contributed by atoms with Crippen LogP contribution in [0.5, 0.6) is 0 Å². The van der Waals surface area contributed by atoms with Crippen LogP contribution < -0.4 is 0 Å². The molecule has 1 amide bonds. The summed E-state index contributed by atoms with van der Waals surface area (Å²) in [6.07, 6.45) is 4.71. The number of nitrogens with zero attached hydrogens (tertiary/aromatic N) is 3. The Morgan fingerprint density at radius 1 is 1.12 bits per heavy atom. The number of ether oxygens (including phenoxy) is 1. The molecule has 0 saturated carbocycles. The molecule has 184 valence electrons. The molecule has 1 aliphatic carbocycles. The maximum atomic E-state index is 12.5. The third-order valence-electron chi connectivity index (χ3n) is 5.36. The predicted octanol–water partition coefficient (Wildman–Crippen LogP) is 7.65. The van der Waals surface area contributed by atoms with E-state index in [-0.39, 0.29) is 12.1 Å². The summed E-state index contributed by atoms with van der Waals surface area (Å²) in [6, 6.07) is 7.79. The average molecular weight is 569 g/mol. The zero-order chi connectivity index (χ0) is 25.0. The molecule has 2 aliphatic rings. The minimum absolute atomic E-state index is 0.0772. The number of carbonyl (C=O) groups excluding carboxylic acids is 1. The highest BCUT2D eigenvalue weighted by Crippen LogP contribution is 2.42. The molecule has 34 heavy (non-hydrogen) atoms. The molecule has 2 heterocycles. The first-order chi connectivity index (χ1) is 16.0. The van der Waals surface area contributed by atoms with Gasteiger partial charge in [0.1, 0.15) is 5.60 Å². The first-order valence-electron chi connectivity index (χ1n) is 11.6. The van der Waals surface area contributed by atoms with E-state index in [9.17, 15) is 4.79 Å². The van der Waals surface area contributed by atoms with Gasteiger partial charge in [-0.25, -0.2) is 4.79 Å². The molecule has 1 saturated heterocycles. The van der Waals surface area contributed by atoms with E-state index >= 15 is 0 Å². The molecule has 0 radical (unpaired) electrons. The quantitative estimate of drug-likeness (QED) is 0.354. The van der Waals surface area contributed by atoms with E-state index in [1.165, 1.54) is 6.42 Å². The van der Waals surface area contributed by atoms with Crippen molar-refractivity contribution in [2.75, 3.05) is 26.2 Å². The number of benzene rings is 1. The van der Waals surface area contributed by atoms with Crippen molar-refractivity contribution >= 4 is 55.8 Å². The minimum Gasteiger partial charge on any atom is -0.444 e. The fourth-order valence-electron chi connectivity index (χ4n) is 4.00. The third kappa shape index (κ3) is 6.54. The number of piperazine rings is 1. The first kappa shape index (κ1) is 27.0. The van der Waals surface area contributed by atoms with E-state index in [0.717, 1.165) is 26.9 Å². The van der Waals surface area contributed by atoms with Gasteiger partial charge in [-0.15, -0.1) is 0 Å². The van der Waals surface area contributed by atoms with Crippen molar-refractivity contribution in [3.63, 3.8) is 0 Å². The fourth-order valence-corrected chi connectivity index (χ4v) is 4.93. The SMILES string of the molecule is CC(C)(C)OC(=O)N1CCN([C@H]2c3ccc(Cl)cc3C(Br)=Cc3cc(Cl)cnc32)CC1.CCC. The van der Waals surface area contributed by atoms with Crippen molar-refractivity contribution in [2.45, 2.75) is 52.7 Å². The summed E-state index contributed by atoms with van der Waals surface area (Å²) in [5.74, 6) is 0. The highest BCUT2D eigenvalue weighted by Gasteiger charge is 2.34. The summed E-state index contributed by atoms with van der Waals surface area (Å²) < 4.78 is 6.48. The van der Waals surface area contributed by atoms with Crippen LogP contribution in [0.15, 0.2) is 30.5 Å². The highest BCUT2D eigenvalue weighted by atomic mass is 79.9. The average Bonchev–Trinajstić information content (AvgIpc) is 2.87. The molecule has 2 aromatic rings. The summed E-state index contributed by atoms with van der Waals surface area (Å²) in [4.78, 5) is 21.3. The van der Waals surface area contributed by atoms with Crippen molar-refractivity contribution in [3.8, 4) is 0 Å². The van der Waals surface area contributed by atoms with Crippen LogP contribution in [-0.2, 0) is 4.74 Å². The summed E-state index contributed by atoms with van der Waals surface area (Å²) in [5, 5.41) is 1.27. The topological polar surface area (TPSA) is 45.7 Å². The molecule has 4 rings (SSSR count). The van der Waals surface area contributed by atoms with Crippen LogP contribution >= 0.6 is 39.1 Å². The van der Waals surface area contributed by atoms with Gasteiger partial charge in [-0.2, -0.15) is 0 Å². The highest BCUT2D eigenvalue weighted by molar-refractivity contribution is 9.15. The Balaban J connectivity index is 0.00000103. The van der Waals surface area contributed by atoms with Crippen molar-refractivity contribution < 1.29 is 9.53 Å². The van der Waals surface area contributed by atoms with Crippen LogP contribution in [0.1, 0.15) is 69.5 Å². The Bertz CT molecular complexity index is 1060.